The Balaban J connectivity index is 1.59. The summed E-state index contributed by atoms with van der Waals surface area (Å²) >= 11 is 0. The molecule has 2 aliphatic heterocycles. The summed E-state index contributed by atoms with van der Waals surface area (Å²) in [5.41, 5.74) is 0.771. The molecule has 8 heteroatoms. The molecule has 0 bridgehead atoms. The van der Waals surface area contributed by atoms with E-state index in [1.165, 1.54) is 12.3 Å². The van der Waals surface area contributed by atoms with Gasteiger partial charge in [0.1, 0.15) is 5.75 Å². The van der Waals surface area contributed by atoms with Crippen molar-refractivity contribution < 1.29 is 28.6 Å². The molecule has 4 rings (SSSR count). The predicted molar refractivity (Wildman–Crippen MR) is 117 cm³/mol. The lowest BCUT2D eigenvalue weighted by molar-refractivity contribution is -0.129. The molecule has 1 saturated heterocycles. The summed E-state index contributed by atoms with van der Waals surface area (Å²) in [7, 11) is 0. The van der Waals surface area contributed by atoms with Gasteiger partial charge < -0.3 is 23.9 Å². The maximum absolute atomic E-state index is 13.1. The predicted octanol–water partition coefficient (Wildman–Crippen LogP) is 2.98. The van der Waals surface area contributed by atoms with Crippen molar-refractivity contribution in [2.24, 2.45) is 0 Å². The molecule has 1 aromatic carbocycles. The number of furan rings is 1. The van der Waals surface area contributed by atoms with E-state index in [0.717, 1.165) is 31.6 Å². The largest absolute Gasteiger partial charge is 0.503 e. The Morgan fingerprint density at radius 2 is 1.91 bits per heavy atom. The molecule has 1 fully saturated rings. The van der Waals surface area contributed by atoms with E-state index in [4.69, 9.17) is 13.9 Å². The zero-order chi connectivity index (χ0) is 22.5. The third-order valence-corrected chi connectivity index (χ3v) is 5.78. The number of carbonyl (C=O) groups excluding carboxylic acids is 2. The van der Waals surface area contributed by atoms with E-state index in [1.54, 1.807) is 23.1 Å². The molecule has 1 amide bonds. The van der Waals surface area contributed by atoms with Crippen LogP contribution in [0.15, 0.2) is 58.4 Å². The molecule has 170 valence electrons. The Kier molecular flexibility index (Phi) is 6.92. The van der Waals surface area contributed by atoms with E-state index in [2.05, 4.69) is 4.90 Å². The van der Waals surface area contributed by atoms with Gasteiger partial charge in [0.15, 0.2) is 11.5 Å². The molecule has 8 nitrogen and oxygen atoms in total. The van der Waals surface area contributed by atoms with Crippen LogP contribution in [0, 0.1) is 0 Å². The molecule has 0 unspecified atom stereocenters. The number of ether oxygens (including phenoxy) is 2. The molecular formula is C24H28N2O6. The standard InChI is InChI=1S/C24H28N2O6/c1-2-31-18-8-6-17(7-9-18)21-20(22(27)19-5-3-14-32-19)23(28)24(29)26(21)11-4-10-25-12-15-30-16-13-25/h3,5-9,14,21,28H,2,4,10-13,15-16H2,1H3/t21-/m0/s1. The van der Waals surface area contributed by atoms with Gasteiger partial charge in [-0.2, -0.15) is 0 Å². The molecule has 2 aliphatic rings. The first-order chi connectivity index (χ1) is 15.6. The first-order valence-electron chi connectivity index (χ1n) is 10.9. The smallest absolute Gasteiger partial charge is 0.290 e. The molecule has 0 saturated carbocycles. The van der Waals surface area contributed by atoms with Gasteiger partial charge in [-0.3, -0.25) is 14.5 Å². The Morgan fingerprint density at radius 3 is 2.56 bits per heavy atom. The van der Waals surface area contributed by atoms with Crippen LogP contribution >= 0.6 is 0 Å². The van der Waals surface area contributed by atoms with E-state index in [0.29, 0.717) is 32.1 Å². The fourth-order valence-electron chi connectivity index (χ4n) is 4.21. The number of hydrogen-bond acceptors (Lipinski definition) is 7. The molecule has 1 N–H and O–H groups in total. The summed E-state index contributed by atoms with van der Waals surface area (Å²) in [5.74, 6) is -0.759. The zero-order valence-electron chi connectivity index (χ0n) is 18.2. The highest BCUT2D eigenvalue weighted by atomic mass is 16.5. The van der Waals surface area contributed by atoms with E-state index in [9.17, 15) is 14.7 Å². The number of nitrogens with zero attached hydrogens (tertiary/aromatic N) is 2. The summed E-state index contributed by atoms with van der Waals surface area (Å²) in [6.07, 6.45) is 2.11. The maximum Gasteiger partial charge on any atom is 0.290 e. The molecule has 0 aliphatic carbocycles. The first-order valence-corrected chi connectivity index (χ1v) is 10.9. The average Bonchev–Trinajstić information content (AvgIpc) is 3.43. The molecule has 0 radical (unpaired) electrons. The Bertz CT molecular complexity index is 961. The highest BCUT2D eigenvalue weighted by Gasteiger charge is 2.44. The van der Waals surface area contributed by atoms with Crippen molar-refractivity contribution in [3.05, 3.63) is 65.3 Å². The lowest BCUT2D eigenvalue weighted by Crippen LogP contribution is -2.39. The molecule has 2 aromatic rings. The molecule has 1 aromatic heterocycles. The van der Waals surface area contributed by atoms with Gasteiger partial charge in [-0.25, -0.2) is 0 Å². The Morgan fingerprint density at radius 1 is 1.16 bits per heavy atom. The molecule has 3 heterocycles. The van der Waals surface area contributed by atoms with Gasteiger partial charge in [0.2, 0.25) is 5.78 Å². The second-order valence-corrected chi connectivity index (χ2v) is 7.78. The average molecular weight is 440 g/mol. The van der Waals surface area contributed by atoms with Crippen LogP contribution in [-0.4, -0.2) is 72.6 Å². The number of aliphatic hydroxyl groups is 1. The third-order valence-electron chi connectivity index (χ3n) is 5.78. The Hall–Kier alpha value is -3.10. The first kappa shape index (κ1) is 22.1. The van der Waals surface area contributed by atoms with E-state index in [1.807, 2.05) is 19.1 Å². The van der Waals surface area contributed by atoms with Crippen molar-refractivity contribution >= 4 is 11.7 Å². The number of Topliss-reactive ketones (excluding diaryl/α,β-unsaturated/α-hetero) is 1. The highest BCUT2D eigenvalue weighted by molar-refractivity contribution is 6.15. The van der Waals surface area contributed by atoms with Crippen LogP contribution in [0.2, 0.25) is 0 Å². The number of morpholine rings is 1. The quantitative estimate of drug-likeness (QED) is 0.599. The summed E-state index contributed by atoms with van der Waals surface area (Å²) in [6.45, 7) is 6.81. The summed E-state index contributed by atoms with van der Waals surface area (Å²) in [6, 6.07) is 9.70. The lowest BCUT2D eigenvalue weighted by atomic mass is 9.95. The fraction of sp³-hybridized carbons (Fsp3) is 0.417. The molecular weight excluding hydrogens is 412 g/mol. The van der Waals surface area contributed by atoms with Gasteiger partial charge in [-0.05, 0) is 43.2 Å². The number of hydrogen-bond donors (Lipinski definition) is 1. The van der Waals surface area contributed by atoms with Crippen molar-refractivity contribution in [1.29, 1.82) is 0 Å². The van der Waals surface area contributed by atoms with Crippen LogP contribution in [0.5, 0.6) is 5.75 Å². The summed E-state index contributed by atoms with van der Waals surface area (Å²) < 4.78 is 16.2. The van der Waals surface area contributed by atoms with E-state index in [-0.39, 0.29) is 11.3 Å². The number of rotatable bonds is 9. The van der Waals surface area contributed by atoms with E-state index < -0.39 is 23.5 Å². The second kappa shape index (κ2) is 10.0. The van der Waals surface area contributed by atoms with Gasteiger partial charge in [-0.15, -0.1) is 0 Å². The van der Waals surface area contributed by atoms with Crippen LogP contribution in [0.25, 0.3) is 0 Å². The summed E-state index contributed by atoms with van der Waals surface area (Å²) in [5, 5.41) is 10.7. The summed E-state index contributed by atoms with van der Waals surface area (Å²) in [4.78, 5) is 30.0. The van der Waals surface area contributed by atoms with Crippen molar-refractivity contribution in [2.45, 2.75) is 19.4 Å². The van der Waals surface area contributed by atoms with Crippen LogP contribution in [-0.2, 0) is 9.53 Å². The van der Waals surface area contributed by atoms with Crippen molar-refractivity contribution in [3.8, 4) is 5.75 Å². The maximum atomic E-state index is 13.1. The van der Waals surface area contributed by atoms with Gasteiger partial charge >= 0.3 is 0 Å². The minimum atomic E-state index is -0.694. The van der Waals surface area contributed by atoms with E-state index >= 15 is 0 Å². The monoisotopic (exact) mass is 440 g/mol. The highest BCUT2D eigenvalue weighted by Crippen LogP contribution is 2.39. The van der Waals surface area contributed by atoms with Crippen molar-refractivity contribution in [3.63, 3.8) is 0 Å². The SMILES string of the molecule is CCOc1ccc([C@H]2C(C(=O)c3ccco3)=C(O)C(=O)N2CCCN2CCOCC2)cc1. The van der Waals surface area contributed by atoms with Crippen molar-refractivity contribution in [1.82, 2.24) is 9.80 Å². The van der Waals surface area contributed by atoms with Gasteiger partial charge in [-0.1, -0.05) is 12.1 Å². The number of aliphatic hydroxyl groups excluding tert-OH is 1. The number of carbonyl (C=O) groups is 2. The second-order valence-electron chi connectivity index (χ2n) is 7.78. The fourth-order valence-corrected chi connectivity index (χ4v) is 4.21. The Labute approximate surface area is 187 Å². The van der Waals surface area contributed by atoms with Crippen LogP contribution < -0.4 is 4.74 Å². The molecule has 0 spiro atoms. The van der Waals surface area contributed by atoms with Crippen LogP contribution in [0.1, 0.15) is 35.5 Å². The third kappa shape index (κ3) is 4.56. The minimum absolute atomic E-state index is 0.0421. The zero-order valence-corrected chi connectivity index (χ0v) is 18.2. The molecule has 1 atom stereocenters. The van der Waals surface area contributed by atoms with Crippen LogP contribution in [0.3, 0.4) is 0 Å². The normalized spacial score (nSPS) is 19.6. The lowest BCUT2D eigenvalue weighted by Gasteiger charge is -2.30. The number of ketones is 1. The topological polar surface area (TPSA) is 92.5 Å². The number of benzene rings is 1. The number of amides is 1. The van der Waals surface area contributed by atoms with Crippen molar-refractivity contribution in [2.75, 3.05) is 46.0 Å². The van der Waals surface area contributed by atoms with Gasteiger partial charge in [0.25, 0.3) is 5.91 Å². The minimum Gasteiger partial charge on any atom is -0.503 e. The van der Waals surface area contributed by atoms with Crippen LogP contribution in [0.4, 0.5) is 0 Å². The molecule has 32 heavy (non-hydrogen) atoms. The van der Waals surface area contributed by atoms with Gasteiger partial charge in [0.05, 0.1) is 37.7 Å². The van der Waals surface area contributed by atoms with Gasteiger partial charge in [0, 0.05) is 26.2 Å².